The number of carbonyl (C=O) groups is 4. The molecule has 1 aromatic heterocycles. The number of aryl methyl sites for hydroxylation is 1. The van der Waals surface area contributed by atoms with Crippen LogP contribution in [-0.2, 0) is 28.7 Å². The van der Waals surface area contributed by atoms with Crippen LogP contribution in [0.15, 0.2) is 48.3 Å². The van der Waals surface area contributed by atoms with E-state index in [1.807, 2.05) is 36.4 Å². The monoisotopic (exact) mass is 655 g/mol. The summed E-state index contributed by atoms with van der Waals surface area (Å²) in [5.74, 6) is 0.445. The number of rotatable bonds is 6. The number of benzene rings is 1. The van der Waals surface area contributed by atoms with Crippen molar-refractivity contribution >= 4 is 40.5 Å². The first kappa shape index (κ1) is 40.5. The number of piperidine rings is 1. The summed E-state index contributed by atoms with van der Waals surface area (Å²) in [4.78, 5) is 63.7. The van der Waals surface area contributed by atoms with E-state index in [1.165, 1.54) is 37.0 Å². The van der Waals surface area contributed by atoms with Gasteiger partial charge >= 0.3 is 5.97 Å². The van der Waals surface area contributed by atoms with Crippen LogP contribution in [0.25, 0.3) is 10.9 Å². The largest absolute Gasteiger partial charge is 0.466 e. The van der Waals surface area contributed by atoms with Crippen molar-refractivity contribution in [1.82, 2.24) is 25.6 Å². The van der Waals surface area contributed by atoms with E-state index in [4.69, 9.17) is 4.84 Å². The van der Waals surface area contributed by atoms with E-state index < -0.39 is 17.9 Å². The second-order valence-electron chi connectivity index (χ2n) is 10.9. The first-order chi connectivity index (χ1) is 22.7. The molecule has 12 nitrogen and oxygen atoms in total. The average molecular weight is 656 g/mol. The number of nitrogens with zero attached hydrogens (tertiary/aromatic N) is 2. The summed E-state index contributed by atoms with van der Waals surface area (Å²) in [5, 5.41) is 8.72. The number of carbonyl (C=O) groups excluding carboxylic acids is 5. The Labute approximate surface area is 278 Å². The highest BCUT2D eigenvalue weighted by Gasteiger charge is 2.31. The Kier molecular flexibility index (Phi) is 20.4. The lowest BCUT2D eigenvalue weighted by atomic mass is 10.0. The van der Waals surface area contributed by atoms with Crippen molar-refractivity contribution in [3.63, 3.8) is 0 Å². The summed E-state index contributed by atoms with van der Waals surface area (Å²) >= 11 is 0. The summed E-state index contributed by atoms with van der Waals surface area (Å²) in [6, 6.07) is 7.69. The number of allylic oxidation sites excluding steroid dienone is 1. The molecular weight excluding hydrogens is 602 g/mol. The summed E-state index contributed by atoms with van der Waals surface area (Å²) in [5.41, 5.74) is 2.63. The van der Waals surface area contributed by atoms with E-state index in [1.54, 1.807) is 16.7 Å². The fraction of sp³-hybridized carbons (Fsp3) is 0.543. The molecule has 0 saturated carbocycles. The van der Waals surface area contributed by atoms with Gasteiger partial charge in [-0.15, -0.1) is 0 Å². The molecule has 12 heteroatoms. The van der Waals surface area contributed by atoms with Gasteiger partial charge in [-0.1, -0.05) is 70.7 Å². The minimum absolute atomic E-state index is 0.00197. The Balaban J connectivity index is 0.000000360. The van der Waals surface area contributed by atoms with Gasteiger partial charge < -0.3 is 30.4 Å². The molecular formula is C35H53N5O7. The topological polar surface area (TPSA) is 148 Å². The molecule has 47 heavy (non-hydrogen) atoms. The molecule has 1 atom stereocenters. The molecule has 0 aliphatic carbocycles. The van der Waals surface area contributed by atoms with Gasteiger partial charge in [-0.2, -0.15) is 4.73 Å². The highest BCUT2D eigenvalue weighted by molar-refractivity contribution is 5.90. The van der Waals surface area contributed by atoms with Crippen molar-refractivity contribution in [3.05, 3.63) is 53.9 Å². The second-order valence-corrected chi connectivity index (χ2v) is 10.9. The molecule has 2 fully saturated rings. The van der Waals surface area contributed by atoms with E-state index in [0.29, 0.717) is 13.0 Å². The van der Waals surface area contributed by atoms with Crippen LogP contribution >= 0.6 is 0 Å². The van der Waals surface area contributed by atoms with Crippen LogP contribution in [0.2, 0.25) is 0 Å². The van der Waals surface area contributed by atoms with Gasteiger partial charge in [0.25, 0.3) is 0 Å². The third-order valence-corrected chi connectivity index (χ3v) is 7.35. The lowest BCUT2D eigenvalue weighted by Crippen LogP contribution is -2.53. The van der Waals surface area contributed by atoms with Crippen LogP contribution in [0.4, 0.5) is 0 Å². The minimum atomic E-state index is -0.501. The zero-order chi connectivity index (χ0) is 35.0. The summed E-state index contributed by atoms with van der Waals surface area (Å²) in [7, 11) is 3.05. The van der Waals surface area contributed by atoms with Gasteiger partial charge in [0.1, 0.15) is 24.8 Å². The highest BCUT2D eigenvalue weighted by atomic mass is 16.6. The molecule has 2 aliphatic rings. The van der Waals surface area contributed by atoms with Crippen LogP contribution in [0.5, 0.6) is 0 Å². The number of fused-ring (bicyclic) bond motifs is 2. The molecule has 1 unspecified atom stereocenters. The number of aromatic nitrogens is 1. The zero-order valence-electron chi connectivity index (χ0n) is 28.9. The average Bonchev–Trinajstić information content (AvgIpc) is 3.44. The molecule has 1 aromatic carbocycles. The predicted octanol–water partition coefficient (Wildman–Crippen LogP) is 3.64. The van der Waals surface area contributed by atoms with Gasteiger partial charge in [0, 0.05) is 24.2 Å². The summed E-state index contributed by atoms with van der Waals surface area (Å²) in [6.45, 7) is 8.75. The lowest BCUT2D eigenvalue weighted by molar-refractivity contribution is -0.135. The number of hydrogen-bond acceptors (Lipinski definition) is 8. The van der Waals surface area contributed by atoms with E-state index in [9.17, 15) is 24.0 Å². The third kappa shape index (κ3) is 15.0. The first-order valence-corrected chi connectivity index (χ1v) is 16.3. The molecule has 2 aliphatic heterocycles. The normalized spacial score (nSPS) is 16.5. The molecule has 4 rings (SSSR count). The van der Waals surface area contributed by atoms with Crippen molar-refractivity contribution in [3.8, 4) is 0 Å². The molecule has 260 valence electrons. The summed E-state index contributed by atoms with van der Waals surface area (Å²) < 4.78 is 6.19. The molecule has 3 N–H and O–H groups in total. The number of amides is 3. The number of unbranched alkanes of at least 4 members (excludes halogenated alkanes) is 3. The minimum Gasteiger partial charge on any atom is -0.466 e. The third-order valence-electron chi connectivity index (χ3n) is 7.35. The van der Waals surface area contributed by atoms with Crippen molar-refractivity contribution in [2.75, 3.05) is 40.4 Å². The Hall–Kier alpha value is -4.57. The Morgan fingerprint density at radius 2 is 1.62 bits per heavy atom. The van der Waals surface area contributed by atoms with E-state index in [0.717, 1.165) is 37.6 Å². The van der Waals surface area contributed by atoms with Gasteiger partial charge in [0.05, 0.1) is 32.3 Å². The quantitative estimate of drug-likeness (QED) is 0.185. The molecule has 3 amide bonds. The SMILES string of the molecule is CCCC.CCCC/C=C/C(=O)OC.COn1cc(C)c2ccccc21.O=C=C1CNC(=O)CNC(=O)CNC(=O)C2CCCCN12. The maximum Gasteiger partial charge on any atom is 0.330 e. The number of ether oxygens (including phenoxy) is 1. The van der Waals surface area contributed by atoms with Crippen LogP contribution in [0, 0.1) is 6.92 Å². The number of para-hydroxylation sites is 1. The van der Waals surface area contributed by atoms with Gasteiger partial charge in [0.2, 0.25) is 17.7 Å². The van der Waals surface area contributed by atoms with E-state index in [-0.39, 0.29) is 37.2 Å². The standard InChI is InChI=1S/C13H18N4O4.C10H11NO.C8H14O2.C4H10/c18-8-9-5-14-11(19)6-15-12(20)7-16-13(21)10-3-1-2-4-17(9)10;1-8-7-11(12-2)10-6-4-3-5-9(8)10;1-3-4-5-6-7-8(9)10-2;1-3-4-2/h10H,1-7H2,(H,14,19)(H,15,20)(H,16,21);3-7H,1-2H3;6-7H,3-5H2,1-2H3;3-4H2,1-2H3/b;;7-6+;. The van der Waals surface area contributed by atoms with E-state index >= 15 is 0 Å². The van der Waals surface area contributed by atoms with Gasteiger partial charge in [-0.3, -0.25) is 14.4 Å². The number of methoxy groups -OCH3 is 1. The van der Waals surface area contributed by atoms with Crippen molar-refractivity contribution in [1.29, 1.82) is 0 Å². The maximum absolute atomic E-state index is 12.2. The van der Waals surface area contributed by atoms with Crippen molar-refractivity contribution in [2.24, 2.45) is 0 Å². The highest BCUT2D eigenvalue weighted by Crippen LogP contribution is 2.21. The molecule has 3 heterocycles. The van der Waals surface area contributed by atoms with Gasteiger partial charge in [0.15, 0.2) is 0 Å². The number of nitrogens with one attached hydrogen (secondary N) is 3. The van der Waals surface area contributed by atoms with Crippen LogP contribution < -0.4 is 20.8 Å². The lowest BCUT2D eigenvalue weighted by Gasteiger charge is -2.36. The fourth-order valence-corrected chi connectivity index (χ4v) is 4.53. The van der Waals surface area contributed by atoms with Crippen LogP contribution in [-0.4, -0.2) is 85.7 Å². The molecule has 0 bridgehead atoms. The summed E-state index contributed by atoms with van der Waals surface area (Å²) in [6.07, 6.45) is 13.5. The Morgan fingerprint density at radius 3 is 2.23 bits per heavy atom. The second kappa shape index (κ2) is 23.7. The van der Waals surface area contributed by atoms with Crippen molar-refractivity contribution in [2.45, 2.75) is 85.1 Å². The van der Waals surface area contributed by atoms with Crippen LogP contribution in [0.3, 0.4) is 0 Å². The van der Waals surface area contributed by atoms with Crippen LogP contribution in [0.1, 0.15) is 77.7 Å². The van der Waals surface area contributed by atoms with Gasteiger partial charge in [-0.05, 0) is 44.2 Å². The number of esters is 1. The molecule has 2 aromatic rings. The molecule has 2 saturated heterocycles. The van der Waals surface area contributed by atoms with Crippen molar-refractivity contribution < 1.29 is 33.5 Å². The first-order valence-electron chi connectivity index (χ1n) is 16.3. The smallest absolute Gasteiger partial charge is 0.330 e. The fourth-order valence-electron chi connectivity index (χ4n) is 4.53. The van der Waals surface area contributed by atoms with Gasteiger partial charge in [-0.25, -0.2) is 9.59 Å². The number of hydrogen-bond donors (Lipinski definition) is 3. The predicted molar refractivity (Wildman–Crippen MR) is 183 cm³/mol. The zero-order valence-corrected chi connectivity index (χ0v) is 28.9. The molecule has 0 radical (unpaired) electrons. The maximum atomic E-state index is 12.2. The molecule has 0 spiro atoms. The Morgan fingerprint density at radius 1 is 0.957 bits per heavy atom. The van der Waals surface area contributed by atoms with E-state index in [2.05, 4.69) is 54.4 Å². The Bertz CT molecular complexity index is 1350.